The van der Waals surface area contributed by atoms with Gasteiger partial charge in [0.1, 0.15) is 5.75 Å². The van der Waals surface area contributed by atoms with Crippen molar-refractivity contribution in [2.45, 2.75) is 0 Å². The normalized spacial score (nSPS) is 11.0. The lowest BCUT2D eigenvalue weighted by Crippen LogP contribution is -2.11. The number of anilines is 2. The molecule has 0 saturated carbocycles. The first-order chi connectivity index (χ1) is 6.42. The summed E-state index contributed by atoms with van der Waals surface area (Å²) in [7, 11) is -1.81. The maximum Gasteiger partial charge on any atom is 0.229 e. The minimum Gasteiger partial charge on any atom is -0.497 e. The van der Waals surface area contributed by atoms with Crippen molar-refractivity contribution in [3.63, 3.8) is 0 Å². The number of nitrogen functional groups attached to an aromatic ring is 1. The third kappa shape index (κ3) is 2.81. The number of rotatable bonds is 3. The summed E-state index contributed by atoms with van der Waals surface area (Å²) in [5, 5.41) is 0. The third-order valence-corrected chi connectivity index (χ3v) is 2.15. The van der Waals surface area contributed by atoms with Crippen molar-refractivity contribution >= 4 is 21.4 Å². The van der Waals surface area contributed by atoms with Gasteiger partial charge in [-0.3, -0.25) is 4.72 Å². The maximum atomic E-state index is 10.9. The fourth-order valence-electron chi connectivity index (χ4n) is 0.950. The van der Waals surface area contributed by atoms with Gasteiger partial charge in [0.25, 0.3) is 0 Å². The lowest BCUT2D eigenvalue weighted by atomic mass is 10.2. The molecule has 0 aromatic heterocycles. The second kappa shape index (κ2) is 3.75. The highest BCUT2D eigenvalue weighted by Gasteiger charge is 2.06. The molecule has 0 atom stereocenters. The topological polar surface area (TPSA) is 81.4 Å². The number of nitrogens with two attached hydrogens (primary N) is 1. The highest BCUT2D eigenvalue weighted by Crippen LogP contribution is 2.24. The molecule has 0 spiro atoms. The van der Waals surface area contributed by atoms with Crippen LogP contribution >= 0.6 is 0 Å². The second-order valence-corrected chi connectivity index (χ2v) is 4.58. The van der Waals surface area contributed by atoms with E-state index in [1.807, 2.05) is 0 Å². The van der Waals surface area contributed by atoms with Crippen molar-refractivity contribution in [2.75, 3.05) is 23.8 Å². The first-order valence-corrected chi connectivity index (χ1v) is 5.73. The molecule has 0 radical (unpaired) electrons. The molecular weight excluding hydrogens is 204 g/mol. The van der Waals surface area contributed by atoms with Crippen molar-refractivity contribution in [2.24, 2.45) is 0 Å². The van der Waals surface area contributed by atoms with Gasteiger partial charge in [-0.25, -0.2) is 8.42 Å². The molecule has 0 aliphatic carbocycles. The molecule has 0 fully saturated rings. The Morgan fingerprint density at radius 1 is 1.43 bits per heavy atom. The van der Waals surface area contributed by atoms with Gasteiger partial charge in [-0.05, 0) is 12.1 Å². The van der Waals surface area contributed by atoms with Gasteiger partial charge in [0.2, 0.25) is 10.0 Å². The Balaban J connectivity index is 3.07. The minimum atomic E-state index is -3.31. The van der Waals surface area contributed by atoms with Crippen molar-refractivity contribution < 1.29 is 13.2 Å². The van der Waals surface area contributed by atoms with E-state index in [-0.39, 0.29) is 0 Å². The molecule has 3 N–H and O–H groups in total. The molecule has 14 heavy (non-hydrogen) atoms. The van der Waals surface area contributed by atoms with E-state index in [4.69, 9.17) is 10.5 Å². The Kier molecular flexibility index (Phi) is 2.85. The van der Waals surface area contributed by atoms with Crippen LogP contribution in [0.4, 0.5) is 11.4 Å². The largest absolute Gasteiger partial charge is 0.497 e. The van der Waals surface area contributed by atoms with Gasteiger partial charge in [-0.15, -0.1) is 0 Å². The van der Waals surface area contributed by atoms with E-state index in [1.165, 1.54) is 13.2 Å². The van der Waals surface area contributed by atoms with Gasteiger partial charge in [-0.2, -0.15) is 0 Å². The molecular formula is C8H12N2O3S. The Hall–Kier alpha value is -1.43. The molecule has 1 aromatic rings. The van der Waals surface area contributed by atoms with Crippen LogP contribution in [0.5, 0.6) is 5.75 Å². The molecule has 0 bridgehead atoms. The zero-order valence-corrected chi connectivity index (χ0v) is 8.76. The Morgan fingerprint density at radius 3 is 2.57 bits per heavy atom. The maximum absolute atomic E-state index is 10.9. The average Bonchev–Trinajstić information content (AvgIpc) is 2.06. The van der Waals surface area contributed by atoms with Gasteiger partial charge in [0.05, 0.1) is 24.7 Å². The number of nitrogens with one attached hydrogen (secondary N) is 1. The molecule has 0 aliphatic rings. The van der Waals surface area contributed by atoms with Gasteiger partial charge in [-0.1, -0.05) is 0 Å². The lowest BCUT2D eigenvalue weighted by molar-refractivity contribution is 0.415. The van der Waals surface area contributed by atoms with Crippen molar-refractivity contribution in [1.82, 2.24) is 0 Å². The van der Waals surface area contributed by atoms with Crippen LogP contribution in [0.2, 0.25) is 0 Å². The van der Waals surface area contributed by atoms with Crippen LogP contribution in [0, 0.1) is 0 Å². The highest BCUT2D eigenvalue weighted by molar-refractivity contribution is 7.92. The summed E-state index contributed by atoms with van der Waals surface area (Å²) in [6, 6.07) is 4.76. The summed E-state index contributed by atoms with van der Waals surface area (Å²) in [4.78, 5) is 0. The highest BCUT2D eigenvalue weighted by atomic mass is 32.2. The van der Waals surface area contributed by atoms with E-state index in [9.17, 15) is 8.42 Å². The van der Waals surface area contributed by atoms with Crippen LogP contribution < -0.4 is 15.2 Å². The summed E-state index contributed by atoms with van der Waals surface area (Å²) < 4.78 is 29.1. The number of hydrogen-bond donors (Lipinski definition) is 2. The predicted octanol–water partition coefficient (Wildman–Crippen LogP) is 0.649. The molecule has 0 amide bonds. The Morgan fingerprint density at radius 2 is 2.07 bits per heavy atom. The van der Waals surface area contributed by atoms with Gasteiger partial charge in [0.15, 0.2) is 0 Å². The summed E-state index contributed by atoms with van der Waals surface area (Å²) in [6.45, 7) is 0. The quantitative estimate of drug-likeness (QED) is 0.727. The van der Waals surface area contributed by atoms with Gasteiger partial charge < -0.3 is 10.5 Å². The number of sulfonamides is 1. The van der Waals surface area contributed by atoms with Crippen LogP contribution in [-0.2, 0) is 10.0 Å². The zero-order chi connectivity index (χ0) is 10.8. The van der Waals surface area contributed by atoms with E-state index in [2.05, 4.69) is 4.72 Å². The summed E-state index contributed by atoms with van der Waals surface area (Å²) in [6.07, 6.45) is 1.06. The van der Waals surface area contributed by atoms with Crippen molar-refractivity contribution in [3.8, 4) is 5.75 Å². The summed E-state index contributed by atoms with van der Waals surface area (Å²) >= 11 is 0. The summed E-state index contributed by atoms with van der Waals surface area (Å²) in [5.74, 6) is 0.547. The van der Waals surface area contributed by atoms with Gasteiger partial charge in [0, 0.05) is 6.07 Å². The summed E-state index contributed by atoms with van der Waals surface area (Å²) in [5.41, 5.74) is 6.25. The number of ether oxygens (including phenoxy) is 1. The molecule has 5 nitrogen and oxygen atoms in total. The smallest absolute Gasteiger partial charge is 0.229 e. The SMILES string of the molecule is COc1ccc(N)c(NS(C)(=O)=O)c1. The molecule has 0 heterocycles. The van der Waals surface area contributed by atoms with E-state index >= 15 is 0 Å². The van der Waals surface area contributed by atoms with Crippen LogP contribution in [0.1, 0.15) is 0 Å². The molecule has 78 valence electrons. The molecule has 1 aromatic carbocycles. The lowest BCUT2D eigenvalue weighted by Gasteiger charge is -2.08. The predicted molar refractivity (Wildman–Crippen MR) is 55.9 cm³/mol. The zero-order valence-electron chi connectivity index (χ0n) is 7.94. The van der Waals surface area contributed by atoms with E-state index in [0.717, 1.165) is 6.26 Å². The Bertz CT molecular complexity index is 428. The van der Waals surface area contributed by atoms with E-state index < -0.39 is 10.0 Å². The van der Waals surface area contributed by atoms with Gasteiger partial charge >= 0.3 is 0 Å². The number of benzene rings is 1. The van der Waals surface area contributed by atoms with Crippen LogP contribution in [0.3, 0.4) is 0 Å². The average molecular weight is 216 g/mol. The third-order valence-electron chi connectivity index (χ3n) is 1.56. The first-order valence-electron chi connectivity index (χ1n) is 3.83. The van der Waals surface area contributed by atoms with Crippen LogP contribution in [-0.4, -0.2) is 21.8 Å². The van der Waals surface area contributed by atoms with E-state index in [0.29, 0.717) is 17.1 Å². The van der Waals surface area contributed by atoms with Crippen molar-refractivity contribution in [1.29, 1.82) is 0 Å². The monoisotopic (exact) mass is 216 g/mol. The van der Waals surface area contributed by atoms with E-state index in [1.54, 1.807) is 12.1 Å². The first kappa shape index (κ1) is 10.6. The van der Waals surface area contributed by atoms with Crippen LogP contribution in [0.25, 0.3) is 0 Å². The minimum absolute atomic E-state index is 0.326. The fraction of sp³-hybridized carbons (Fsp3) is 0.250. The molecule has 0 saturated heterocycles. The molecule has 1 rings (SSSR count). The van der Waals surface area contributed by atoms with Crippen molar-refractivity contribution in [3.05, 3.63) is 18.2 Å². The fourth-order valence-corrected chi connectivity index (χ4v) is 1.53. The molecule has 6 heteroatoms. The standard InChI is InChI=1S/C8H12N2O3S/c1-13-6-3-4-7(9)8(5-6)10-14(2,11)12/h3-5,10H,9H2,1-2H3. The molecule has 0 unspecified atom stereocenters. The van der Waals surface area contributed by atoms with Crippen LogP contribution in [0.15, 0.2) is 18.2 Å². The number of hydrogen-bond acceptors (Lipinski definition) is 4. The number of methoxy groups -OCH3 is 1. The second-order valence-electron chi connectivity index (χ2n) is 2.83. The Labute approximate surface area is 82.9 Å². The molecule has 0 aliphatic heterocycles.